The number of hydrogen-bond acceptors (Lipinski definition) is 5. The van der Waals surface area contributed by atoms with E-state index in [0.29, 0.717) is 0 Å². The molecule has 2 aromatic heterocycles. The molecule has 0 amide bonds. The molecule has 0 unspecified atom stereocenters. The molecule has 0 aliphatic heterocycles. The van der Waals surface area contributed by atoms with Gasteiger partial charge in [0.2, 0.25) is 0 Å². The molecule has 0 saturated heterocycles. The molecular weight excluding hydrogens is 300 g/mol. The van der Waals surface area contributed by atoms with Gasteiger partial charge in [-0.25, -0.2) is 19.9 Å². The van der Waals surface area contributed by atoms with Crippen LogP contribution in [0.1, 0.15) is 63.8 Å². The van der Waals surface area contributed by atoms with Gasteiger partial charge in [0.05, 0.1) is 0 Å². The first kappa shape index (κ1) is 18.5. The molecular formula is C19H28N4O. The molecule has 2 heterocycles. The van der Waals surface area contributed by atoms with Crippen LogP contribution >= 0.6 is 0 Å². The van der Waals surface area contributed by atoms with Gasteiger partial charge in [-0.1, -0.05) is 34.6 Å². The van der Waals surface area contributed by atoms with Crippen molar-refractivity contribution in [3.8, 4) is 0 Å². The number of hydrogen-bond donors (Lipinski definition) is 1. The molecule has 24 heavy (non-hydrogen) atoms. The Bertz CT molecular complexity index is 643. The molecule has 5 nitrogen and oxygen atoms in total. The maximum atomic E-state index is 8.89. The smallest absolute Gasteiger partial charge is 0.134 e. The van der Waals surface area contributed by atoms with Crippen LogP contribution in [0.2, 0.25) is 0 Å². The molecule has 0 aliphatic rings. The normalized spacial score (nSPS) is 12.4. The Hall–Kier alpha value is -1.88. The standard InChI is InChI=1S/C19H28N4O/c1-18(2,3)16-20-12-15(13-21-16)9-19(4,5)17-22-10-14(11-23-17)7-6-8-24/h10-13,24H,6-9H2,1-5H3. The Kier molecular flexibility index (Phi) is 5.65. The lowest BCUT2D eigenvalue weighted by Gasteiger charge is -2.23. The zero-order chi connectivity index (χ0) is 17.8. The zero-order valence-corrected chi connectivity index (χ0v) is 15.4. The van der Waals surface area contributed by atoms with Crippen molar-refractivity contribution in [3.63, 3.8) is 0 Å². The minimum Gasteiger partial charge on any atom is -0.396 e. The van der Waals surface area contributed by atoms with Gasteiger partial charge in [-0.05, 0) is 30.4 Å². The average molecular weight is 328 g/mol. The summed E-state index contributed by atoms with van der Waals surface area (Å²) < 4.78 is 0. The highest BCUT2D eigenvalue weighted by Crippen LogP contribution is 2.25. The maximum absolute atomic E-state index is 8.89. The molecule has 0 fully saturated rings. The van der Waals surface area contributed by atoms with Gasteiger partial charge in [-0.3, -0.25) is 0 Å². The van der Waals surface area contributed by atoms with Crippen LogP contribution in [0.25, 0.3) is 0 Å². The van der Waals surface area contributed by atoms with E-state index in [9.17, 15) is 0 Å². The lowest BCUT2D eigenvalue weighted by molar-refractivity contribution is 0.288. The quantitative estimate of drug-likeness (QED) is 0.882. The van der Waals surface area contributed by atoms with Gasteiger partial charge >= 0.3 is 0 Å². The van der Waals surface area contributed by atoms with Crippen molar-refractivity contribution in [1.82, 2.24) is 19.9 Å². The minimum absolute atomic E-state index is 0.0401. The Morgan fingerprint density at radius 1 is 0.792 bits per heavy atom. The largest absolute Gasteiger partial charge is 0.396 e. The van der Waals surface area contributed by atoms with E-state index < -0.39 is 0 Å². The number of aliphatic hydroxyl groups is 1. The van der Waals surface area contributed by atoms with Crippen molar-refractivity contribution in [2.24, 2.45) is 0 Å². The van der Waals surface area contributed by atoms with Crippen molar-refractivity contribution in [2.75, 3.05) is 6.61 Å². The highest BCUT2D eigenvalue weighted by Gasteiger charge is 2.25. The summed E-state index contributed by atoms with van der Waals surface area (Å²) in [6, 6.07) is 0. The zero-order valence-electron chi connectivity index (χ0n) is 15.4. The Labute approximate surface area is 144 Å². The topological polar surface area (TPSA) is 71.8 Å². The van der Waals surface area contributed by atoms with E-state index >= 15 is 0 Å². The predicted molar refractivity (Wildman–Crippen MR) is 94.9 cm³/mol. The number of nitrogens with zero attached hydrogens (tertiary/aromatic N) is 4. The van der Waals surface area contributed by atoms with Gasteiger partial charge in [0, 0.05) is 42.2 Å². The third-order valence-electron chi connectivity index (χ3n) is 3.96. The molecule has 0 saturated carbocycles. The van der Waals surface area contributed by atoms with Crippen LogP contribution in [-0.2, 0) is 23.7 Å². The number of aliphatic hydroxyl groups excluding tert-OH is 1. The first-order valence-electron chi connectivity index (χ1n) is 8.46. The molecule has 0 atom stereocenters. The molecule has 0 aromatic carbocycles. The summed E-state index contributed by atoms with van der Waals surface area (Å²) >= 11 is 0. The van der Waals surface area contributed by atoms with E-state index in [1.165, 1.54) is 0 Å². The van der Waals surface area contributed by atoms with Crippen LogP contribution in [0.3, 0.4) is 0 Å². The fourth-order valence-electron chi connectivity index (χ4n) is 2.54. The van der Waals surface area contributed by atoms with Gasteiger partial charge in [-0.2, -0.15) is 0 Å². The minimum atomic E-state index is -0.192. The number of aryl methyl sites for hydroxylation is 1. The SMILES string of the molecule is CC(C)(C)c1ncc(CC(C)(C)c2ncc(CCCO)cn2)cn1. The number of aromatic nitrogens is 4. The summed E-state index contributed by atoms with van der Waals surface area (Å²) in [6.07, 6.45) is 9.87. The van der Waals surface area contributed by atoms with E-state index in [0.717, 1.165) is 42.0 Å². The molecule has 5 heteroatoms. The molecule has 0 bridgehead atoms. The summed E-state index contributed by atoms with van der Waals surface area (Å²) in [5.74, 6) is 1.67. The van der Waals surface area contributed by atoms with Crippen LogP contribution in [0.4, 0.5) is 0 Å². The van der Waals surface area contributed by atoms with E-state index in [1.807, 2.05) is 24.8 Å². The third kappa shape index (κ3) is 4.81. The summed E-state index contributed by atoms with van der Waals surface area (Å²) in [4.78, 5) is 18.0. The Morgan fingerprint density at radius 3 is 1.79 bits per heavy atom. The Morgan fingerprint density at radius 2 is 1.29 bits per heavy atom. The van der Waals surface area contributed by atoms with Crippen molar-refractivity contribution in [1.29, 1.82) is 0 Å². The fraction of sp³-hybridized carbons (Fsp3) is 0.579. The van der Waals surface area contributed by atoms with Gasteiger partial charge in [0.15, 0.2) is 0 Å². The monoisotopic (exact) mass is 328 g/mol. The van der Waals surface area contributed by atoms with Crippen molar-refractivity contribution in [2.45, 2.75) is 64.7 Å². The second kappa shape index (κ2) is 7.34. The maximum Gasteiger partial charge on any atom is 0.134 e. The summed E-state index contributed by atoms with van der Waals surface area (Å²) in [5, 5.41) is 8.89. The fourth-order valence-corrected chi connectivity index (χ4v) is 2.54. The molecule has 2 aromatic rings. The van der Waals surface area contributed by atoms with Crippen molar-refractivity contribution >= 4 is 0 Å². The first-order valence-corrected chi connectivity index (χ1v) is 8.46. The second-order valence-electron chi connectivity index (χ2n) is 7.97. The summed E-state index contributed by atoms with van der Waals surface area (Å²) in [5.41, 5.74) is 1.91. The van der Waals surface area contributed by atoms with Gasteiger partial charge in [-0.15, -0.1) is 0 Å². The van der Waals surface area contributed by atoms with Crippen LogP contribution < -0.4 is 0 Å². The van der Waals surface area contributed by atoms with E-state index in [-0.39, 0.29) is 17.4 Å². The van der Waals surface area contributed by atoms with Gasteiger partial charge in [0.25, 0.3) is 0 Å². The van der Waals surface area contributed by atoms with E-state index in [2.05, 4.69) is 54.6 Å². The third-order valence-corrected chi connectivity index (χ3v) is 3.96. The molecule has 130 valence electrons. The van der Waals surface area contributed by atoms with Crippen molar-refractivity contribution in [3.05, 3.63) is 47.6 Å². The summed E-state index contributed by atoms with van der Waals surface area (Å²) in [7, 11) is 0. The van der Waals surface area contributed by atoms with E-state index in [1.54, 1.807) is 0 Å². The molecule has 0 radical (unpaired) electrons. The first-order chi connectivity index (χ1) is 11.2. The Balaban J connectivity index is 2.09. The number of rotatable bonds is 6. The van der Waals surface area contributed by atoms with Crippen LogP contribution in [0.15, 0.2) is 24.8 Å². The second-order valence-corrected chi connectivity index (χ2v) is 7.97. The summed E-state index contributed by atoms with van der Waals surface area (Å²) in [6.45, 7) is 10.8. The van der Waals surface area contributed by atoms with Crippen molar-refractivity contribution < 1.29 is 5.11 Å². The molecule has 2 rings (SSSR count). The highest BCUT2D eigenvalue weighted by atomic mass is 16.2. The van der Waals surface area contributed by atoms with E-state index in [4.69, 9.17) is 5.11 Å². The highest BCUT2D eigenvalue weighted by molar-refractivity contribution is 5.17. The van der Waals surface area contributed by atoms with Crippen LogP contribution in [0.5, 0.6) is 0 Å². The van der Waals surface area contributed by atoms with Gasteiger partial charge < -0.3 is 5.11 Å². The lowest BCUT2D eigenvalue weighted by Crippen LogP contribution is -2.24. The predicted octanol–water partition coefficient (Wildman–Crippen LogP) is 3.01. The average Bonchev–Trinajstić information content (AvgIpc) is 2.52. The van der Waals surface area contributed by atoms with Crippen LogP contribution in [-0.4, -0.2) is 31.6 Å². The molecule has 0 aliphatic carbocycles. The van der Waals surface area contributed by atoms with Crippen LogP contribution in [0, 0.1) is 0 Å². The lowest BCUT2D eigenvalue weighted by atomic mass is 9.85. The molecule has 1 N–H and O–H groups in total. The van der Waals surface area contributed by atoms with Gasteiger partial charge in [0.1, 0.15) is 11.6 Å². The molecule has 0 spiro atoms.